The molecule has 0 N–H and O–H groups in total. The Morgan fingerprint density at radius 2 is 1.52 bits per heavy atom. The van der Waals surface area contributed by atoms with Crippen molar-refractivity contribution in [2.24, 2.45) is 11.3 Å². The first-order chi connectivity index (χ1) is 9.80. The highest BCUT2D eigenvalue weighted by Crippen LogP contribution is 2.57. The highest BCUT2D eigenvalue weighted by atomic mass is 16.8. The first-order valence-corrected chi connectivity index (χ1v) is 7.85. The quantitative estimate of drug-likeness (QED) is 0.744. The summed E-state index contributed by atoms with van der Waals surface area (Å²) in [5, 5.41) is 0. The summed E-state index contributed by atoms with van der Waals surface area (Å²) < 4.78 is 24.3. The molecule has 0 aromatic carbocycles. The van der Waals surface area contributed by atoms with Crippen LogP contribution in [0.5, 0.6) is 0 Å². The molecule has 2 aliphatic carbocycles. The normalized spacial score (nSPS) is 44.8. The molecule has 0 radical (unpaired) electrons. The Morgan fingerprint density at radius 3 is 2.14 bits per heavy atom. The van der Waals surface area contributed by atoms with Gasteiger partial charge in [-0.2, -0.15) is 0 Å². The molecule has 1 spiro atoms. The van der Waals surface area contributed by atoms with E-state index >= 15 is 0 Å². The minimum Gasteiger partial charge on any atom is -0.348 e. The Kier molecular flexibility index (Phi) is 2.79. The van der Waals surface area contributed by atoms with Gasteiger partial charge in [-0.05, 0) is 34.1 Å². The third kappa shape index (κ3) is 2.12. The van der Waals surface area contributed by atoms with E-state index in [0.717, 1.165) is 6.42 Å². The van der Waals surface area contributed by atoms with Gasteiger partial charge in [0.15, 0.2) is 11.6 Å². The first-order valence-electron chi connectivity index (χ1n) is 7.85. The highest BCUT2D eigenvalue weighted by molar-refractivity contribution is 5.31. The molecule has 0 unspecified atom stereocenters. The maximum absolute atomic E-state index is 6.23. The second kappa shape index (κ2) is 4.19. The molecule has 0 amide bonds. The van der Waals surface area contributed by atoms with E-state index in [4.69, 9.17) is 18.9 Å². The zero-order chi connectivity index (χ0) is 14.9. The summed E-state index contributed by atoms with van der Waals surface area (Å²) in [7, 11) is 0. The van der Waals surface area contributed by atoms with Gasteiger partial charge in [-0.3, -0.25) is 0 Å². The third-order valence-corrected chi connectivity index (χ3v) is 5.11. The molecule has 4 heteroatoms. The molecule has 1 saturated carbocycles. The van der Waals surface area contributed by atoms with E-state index < -0.39 is 11.6 Å². The van der Waals surface area contributed by atoms with Crippen molar-refractivity contribution in [3.8, 4) is 0 Å². The Bertz CT molecular complexity index is 493. The SMILES string of the molecule is CC1(C)O[C@H]2[C@H]([C@H]3COC(C)(C)O3)C3(C=CC=C3)C[C@H]2O1. The monoisotopic (exact) mass is 292 g/mol. The molecule has 0 aromatic rings. The summed E-state index contributed by atoms with van der Waals surface area (Å²) >= 11 is 0. The van der Waals surface area contributed by atoms with Gasteiger partial charge in [0.1, 0.15) is 0 Å². The molecule has 2 saturated heterocycles. The lowest BCUT2D eigenvalue weighted by molar-refractivity contribution is -0.179. The van der Waals surface area contributed by atoms with E-state index in [0.29, 0.717) is 6.61 Å². The summed E-state index contributed by atoms with van der Waals surface area (Å²) in [4.78, 5) is 0. The van der Waals surface area contributed by atoms with Crippen LogP contribution in [0.25, 0.3) is 0 Å². The molecule has 2 aliphatic heterocycles. The molecule has 4 rings (SSSR count). The fourth-order valence-electron chi connectivity index (χ4n) is 4.45. The van der Waals surface area contributed by atoms with Crippen LogP contribution in [0.3, 0.4) is 0 Å². The van der Waals surface area contributed by atoms with Crippen molar-refractivity contribution in [2.75, 3.05) is 6.61 Å². The van der Waals surface area contributed by atoms with E-state index in [9.17, 15) is 0 Å². The van der Waals surface area contributed by atoms with Gasteiger partial charge >= 0.3 is 0 Å². The van der Waals surface area contributed by atoms with Gasteiger partial charge in [-0.1, -0.05) is 24.3 Å². The fourth-order valence-corrected chi connectivity index (χ4v) is 4.45. The van der Waals surface area contributed by atoms with Crippen molar-refractivity contribution in [2.45, 2.75) is 64.0 Å². The van der Waals surface area contributed by atoms with E-state index in [1.807, 2.05) is 27.7 Å². The average molecular weight is 292 g/mol. The first kappa shape index (κ1) is 13.9. The lowest BCUT2D eigenvalue weighted by atomic mass is 9.75. The van der Waals surface area contributed by atoms with Crippen molar-refractivity contribution in [3.05, 3.63) is 24.3 Å². The van der Waals surface area contributed by atoms with Crippen LogP contribution < -0.4 is 0 Å². The lowest BCUT2D eigenvalue weighted by Gasteiger charge is -2.35. The second-order valence-corrected chi connectivity index (χ2v) is 7.57. The minimum absolute atomic E-state index is 0.0136. The number of hydrogen-bond donors (Lipinski definition) is 0. The topological polar surface area (TPSA) is 36.9 Å². The van der Waals surface area contributed by atoms with Crippen LogP contribution in [0.15, 0.2) is 24.3 Å². The van der Waals surface area contributed by atoms with E-state index in [1.165, 1.54) is 0 Å². The van der Waals surface area contributed by atoms with E-state index in [1.54, 1.807) is 0 Å². The molecule has 4 atom stereocenters. The number of allylic oxidation sites excluding steroid dienone is 4. The minimum atomic E-state index is -0.509. The van der Waals surface area contributed by atoms with Gasteiger partial charge in [-0.15, -0.1) is 0 Å². The van der Waals surface area contributed by atoms with Gasteiger partial charge in [0.2, 0.25) is 0 Å². The van der Waals surface area contributed by atoms with Crippen LogP contribution in [-0.2, 0) is 18.9 Å². The molecule has 4 nitrogen and oxygen atoms in total. The predicted octanol–water partition coefficient (Wildman–Crippen LogP) is 2.79. The predicted molar refractivity (Wildman–Crippen MR) is 77.5 cm³/mol. The van der Waals surface area contributed by atoms with Crippen molar-refractivity contribution < 1.29 is 18.9 Å². The molecule has 116 valence electrons. The van der Waals surface area contributed by atoms with Crippen molar-refractivity contribution in [1.82, 2.24) is 0 Å². The van der Waals surface area contributed by atoms with Gasteiger partial charge in [-0.25, -0.2) is 0 Å². The summed E-state index contributed by atoms with van der Waals surface area (Å²) in [6.45, 7) is 8.55. The average Bonchev–Trinajstić information content (AvgIpc) is 3.05. The van der Waals surface area contributed by atoms with Gasteiger partial charge < -0.3 is 18.9 Å². The van der Waals surface area contributed by atoms with Crippen molar-refractivity contribution in [1.29, 1.82) is 0 Å². The summed E-state index contributed by atoms with van der Waals surface area (Å²) in [6, 6.07) is 0. The summed E-state index contributed by atoms with van der Waals surface area (Å²) in [6.07, 6.45) is 10.0. The maximum atomic E-state index is 6.23. The Labute approximate surface area is 126 Å². The Morgan fingerprint density at radius 1 is 0.857 bits per heavy atom. The Balaban J connectivity index is 1.67. The smallest absolute Gasteiger partial charge is 0.163 e. The third-order valence-electron chi connectivity index (χ3n) is 5.11. The molecule has 2 heterocycles. The molecular weight excluding hydrogens is 268 g/mol. The van der Waals surface area contributed by atoms with Gasteiger partial charge in [0.05, 0.1) is 24.9 Å². The molecule has 21 heavy (non-hydrogen) atoms. The second-order valence-electron chi connectivity index (χ2n) is 7.57. The molecule has 0 bridgehead atoms. The number of fused-ring (bicyclic) bond motifs is 1. The Hall–Kier alpha value is -0.680. The molecule has 3 fully saturated rings. The van der Waals surface area contributed by atoms with Crippen molar-refractivity contribution >= 4 is 0 Å². The molecular formula is C17H24O4. The lowest BCUT2D eigenvalue weighted by Crippen LogP contribution is -2.41. The number of ether oxygens (including phenoxy) is 4. The standard InChI is InChI=1S/C17H24O4/c1-15(2)18-10-12(20-15)13-14-11(19-16(3,4)21-14)9-17(13)7-5-6-8-17/h5-8,11-14H,9-10H2,1-4H3/t11-,12-,13+,14-/m1/s1. The van der Waals surface area contributed by atoms with Gasteiger partial charge in [0.25, 0.3) is 0 Å². The van der Waals surface area contributed by atoms with E-state index in [-0.39, 0.29) is 29.6 Å². The van der Waals surface area contributed by atoms with Crippen LogP contribution in [0.1, 0.15) is 34.1 Å². The van der Waals surface area contributed by atoms with Gasteiger partial charge in [0, 0.05) is 11.3 Å². The number of hydrogen-bond acceptors (Lipinski definition) is 4. The largest absolute Gasteiger partial charge is 0.348 e. The summed E-state index contributed by atoms with van der Waals surface area (Å²) in [5.74, 6) is -0.776. The van der Waals surface area contributed by atoms with Crippen LogP contribution >= 0.6 is 0 Å². The highest BCUT2D eigenvalue weighted by Gasteiger charge is 2.62. The summed E-state index contributed by atoms with van der Waals surface area (Å²) in [5.41, 5.74) is -0.0136. The van der Waals surface area contributed by atoms with Crippen LogP contribution in [0.4, 0.5) is 0 Å². The fraction of sp³-hybridized carbons (Fsp3) is 0.765. The van der Waals surface area contributed by atoms with Crippen LogP contribution in [-0.4, -0.2) is 36.5 Å². The zero-order valence-corrected chi connectivity index (χ0v) is 13.2. The number of rotatable bonds is 1. The molecule has 0 aromatic heterocycles. The zero-order valence-electron chi connectivity index (χ0n) is 13.2. The van der Waals surface area contributed by atoms with Crippen LogP contribution in [0, 0.1) is 11.3 Å². The van der Waals surface area contributed by atoms with Crippen molar-refractivity contribution in [3.63, 3.8) is 0 Å². The van der Waals surface area contributed by atoms with E-state index in [2.05, 4.69) is 24.3 Å². The van der Waals surface area contributed by atoms with Crippen LogP contribution in [0.2, 0.25) is 0 Å². The maximum Gasteiger partial charge on any atom is 0.163 e. The molecule has 4 aliphatic rings.